The predicted molar refractivity (Wildman–Crippen MR) is 100 cm³/mol. The zero-order valence-corrected chi connectivity index (χ0v) is 15.8. The molecule has 0 spiro atoms. The molecule has 6 nitrogen and oxygen atoms in total. The second-order valence-electron chi connectivity index (χ2n) is 5.97. The molecular weight excluding hydrogens is 382 g/mol. The van der Waals surface area contributed by atoms with Crippen molar-refractivity contribution in [2.75, 3.05) is 5.32 Å². The first-order valence-electron chi connectivity index (χ1n) is 8.13. The van der Waals surface area contributed by atoms with E-state index < -0.39 is 0 Å². The van der Waals surface area contributed by atoms with Crippen LogP contribution in [-0.4, -0.2) is 25.5 Å². The average Bonchev–Trinajstić information content (AvgIpc) is 3.17. The van der Waals surface area contributed by atoms with E-state index in [1.165, 1.54) is 11.1 Å². The Morgan fingerprint density at radius 3 is 2.80 bits per heavy atom. The molecule has 1 atom stereocenters. The Hall–Kier alpha value is -2.41. The van der Waals surface area contributed by atoms with E-state index in [1.807, 2.05) is 23.9 Å². The minimum Gasteiger partial charge on any atom is -0.322 e. The van der Waals surface area contributed by atoms with Crippen LogP contribution in [0.1, 0.15) is 30.5 Å². The molecule has 0 saturated carbocycles. The monoisotopic (exact) mass is 401 g/mol. The molecule has 1 aromatic carbocycles. The van der Waals surface area contributed by atoms with Gasteiger partial charge in [-0.2, -0.15) is 10.2 Å². The number of halogens is 1. The van der Waals surface area contributed by atoms with Gasteiger partial charge in [-0.1, -0.05) is 36.8 Å². The van der Waals surface area contributed by atoms with E-state index in [9.17, 15) is 4.79 Å². The highest BCUT2D eigenvalue weighted by atomic mass is 79.9. The number of anilines is 1. The lowest BCUT2D eigenvalue weighted by atomic mass is 10.1. The van der Waals surface area contributed by atoms with Gasteiger partial charge >= 0.3 is 0 Å². The van der Waals surface area contributed by atoms with Gasteiger partial charge in [0, 0.05) is 12.4 Å². The first-order valence-corrected chi connectivity index (χ1v) is 8.93. The molecule has 2 heterocycles. The third-order valence-electron chi connectivity index (χ3n) is 3.91. The summed E-state index contributed by atoms with van der Waals surface area (Å²) in [5.41, 5.74) is 3.07. The van der Waals surface area contributed by atoms with Crippen LogP contribution in [0.3, 0.4) is 0 Å². The minimum atomic E-state index is -0.355. The topological polar surface area (TPSA) is 64.7 Å². The van der Waals surface area contributed by atoms with Gasteiger partial charge in [-0.15, -0.1) is 0 Å². The summed E-state index contributed by atoms with van der Waals surface area (Å²) in [6.45, 7) is 4.69. The Bertz CT molecular complexity index is 870. The smallest absolute Gasteiger partial charge is 0.249 e. The van der Waals surface area contributed by atoms with E-state index in [-0.39, 0.29) is 11.9 Å². The minimum absolute atomic E-state index is 0.104. The number of nitrogens with zero attached hydrogens (tertiary/aromatic N) is 4. The van der Waals surface area contributed by atoms with Crippen molar-refractivity contribution >= 4 is 27.5 Å². The second kappa shape index (κ2) is 7.65. The Morgan fingerprint density at radius 1 is 1.28 bits per heavy atom. The van der Waals surface area contributed by atoms with Gasteiger partial charge in [0.1, 0.15) is 6.04 Å². The van der Waals surface area contributed by atoms with E-state index in [1.54, 1.807) is 23.3 Å². The Kier molecular flexibility index (Phi) is 5.33. The summed E-state index contributed by atoms with van der Waals surface area (Å²) in [4.78, 5) is 12.5. The van der Waals surface area contributed by atoms with Crippen LogP contribution in [0.4, 0.5) is 5.69 Å². The van der Waals surface area contributed by atoms with Crippen molar-refractivity contribution in [1.82, 2.24) is 19.6 Å². The van der Waals surface area contributed by atoms with Crippen molar-refractivity contribution in [2.24, 2.45) is 0 Å². The van der Waals surface area contributed by atoms with Crippen LogP contribution >= 0.6 is 15.9 Å². The molecule has 130 valence electrons. The lowest BCUT2D eigenvalue weighted by Gasteiger charge is -2.14. The quantitative estimate of drug-likeness (QED) is 0.683. The first kappa shape index (κ1) is 17.4. The normalized spacial score (nSPS) is 12.1. The lowest BCUT2D eigenvalue weighted by Crippen LogP contribution is -2.25. The third-order valence-corrected chi connectivity index (χ3v) is 4.32. The number of hydrogen-bond donors (Lipinski definition) is 1. The number of carbonyl (C=O) groups is 1. The fraction of sp³-hybridized carbons (Fsp3) is 0.278. The molecule has 0 fully saturated rings. The Morgan fingerprint density at radius 2 is 2.12 bits per heavy atom. The molecule has 1 N–H and O–H groups in total. The summed E-state index contributed by atoms with van der Waals surface area (Å²) in [7, 11) is 0. The molecule has 0 radical (unpaired) electrons. The SMILES string of the molecule is CCC(C(=O)Nc1cnn(Cc2cccc(C)c2)c1)n1cc(Br)cn1. The van der Waals surface area contributed by atoms with E-state index in [0.29, 0.717) is 18.7 Å². The Balaban J connectivity index is 1.67. The zero-order valence-electron chi connectivity index (χ0n) is 14.2. The van der Waals surface area contributed by atoms with Crippen LogP contribution in [0.25, 0.3) is 0 Å². The van der Waals surface area contributed by atoms with Gasteiger partial charge in [0.25, 0.3) is 0 Å². The summed E-state index contributed by atoms with van der Waals surface area (Å²) in [5, 5.41) is 11.5. The van der Waals surface area contributed by atoms with Crippen molar-refractivity contribution in [1.29, 1.82) is 0 Å². The van der Waals surface area contributed by atoms with E-state index >= 15 is 0 Å². The molecular formula is C18H20BrN5O. The molecule has 2 aromatic heterocycles. The standard InChI is InChI=1S/C18H20BrN5O/c1-3-17(24-11-15(19)8-21-24)18(25)22-16-9-20-23(12-16)10-14-6-4-5-13(2)7-14/h4-9,11-12,17H,3,10H2,1-2H3,(H,22,25). The van der Waals surface area contributed by atoms with Crippen LogP contribution in [0.15, 0.2) is 53.5 Å². The van der Waals surface area contributed by atoms with Gasteiger partial charge in [-0.25, -0.2) is 0 Å². The predicted octanol–water partition coefficient (Wildman–Crippen LogP) is 3.79. The van der Waals surface area contributed by atoms with Crippen molar-refractivity contribution in [3.63, 3.8) is 0 Å². The van der Waals surface area contributed by atoms with Crippen molar-refractivity contribution in [2.45, 2.75) is 32.9 Å². The highest BCUT2D eigenvalue weighted by Crippen LogP contribution is 2.17. The molecule has 3 aromatic rings. The van der Waals surface area contributed by atoms with Gasteiger partial charge in [-0.05, 0) is 34.8 Å². The summed E-state index contributed by atoms with van der Waals surface area (Å²) >= 11 is 3.36. The van der Waals surface area contributed by atoms with E-state index in [0.717, 1.165) is 4.47 Å². The number of benzene rings is 1. The van der Waals surface area contributed by atoms with Crippen molar-refractivity contribution < 1.29 is 4.79 Å². The average molecular weight is 402 g/mol. The number of amides is 1. The molecule has 0 saturated heterocycles. The number of aryl methyl sites for hydroxylation is 1. The molecule has 0 aliphatic rings. The summed E-state index contributed by atoms with van der Waals surface area (Å²) in [6, 6.07) is 7.94. The third kappa shape index (κ3) is 4.36. The highest BCUT2D eigenvalue weighted by Gasteiger charge is 2.20. The van der Waals surface area contributed by atoms with E-state index in [4.69, 9.17) is 0 Å². The number of nitrogens with one attached hydrogen (secondary N) is 1. The molecule has 3 rings (SSSR count). The van der Waals surface area contributed by atoms with Gasteiger partial charge in [0.2, 0.25) is 5.91 Å². The Labute approximate surface area is 155 Å². The van der Waals surface area contributed by atoms with Crippen LogP contribution < -0.4 is 5.32 Å². The van der Waals surface area contributed by atoms with Gasteiger partial charge < -0.3 is 5.32 Å². The van der Waals surface area contributed by atoms with Gasteiger partial charge in [0.05, 0.1) is 29.1 Å². The maximum absolute atomic E-state index is 12.5. The second-order valence-corrected chi connectivity index (χ2v) is 6.88. The van der Waals surface area contributed by atoms with Crippen LogP contribution in [0, 0.1) is 6.92 Å². The summed E-state index contributed by atoms with van der Waals surface area (Å²) in [6.07, 6.45) is 7.63. The maximum Gasteiger partial charge on any atom is 0.249 e. The number of aromatic nitrogens is 4. The molecule has 7 heteroatoms. The van der Waals surface area contributed by atoms with Crippen molar-refractivity contribution in [3.05, 3.63) is 64.7 Å². The lowest BCUT2D eigenvalue weighted by molar-refractivity contribution is -0.119. The van der Waals surface area contributed by atoms with Crippen molar-refractivity contribution in [3.8, 4) is 0 Å². The summed E-state index contributed by atoms with van der Waals surface area (Å²) in [5.74, 6) is -0.104. The highest BCUT2D eigenvalue weighted by molar-refractivity contribution is 9.10. The summed E-state index contributed by atoms with van der Waals surface area (Å²) < 4.78 is 4.33. The molecule has 1 unspecified atom stereocenters. The van der Waals surface area contributed by atoms with Gasteiger partial charge in [0.15, 0.2) is 0 Å². The fourth-order valence-corrected chi connectivity index (χ4v) is 3.02. The zero-order chi connectivity index (χ0) is 17.8. The maximum atomic E-state index is 12.5. The van der Waals surface area contributed by atoms with Crippen LogP contribution in [0.2, 0.25) is 0 Å². The first-order chi connectivity index (χ1) is 12.0. The number of rotatable bonds is 6. The molecule has 25 heavy (non-hydrogen) atoms. The number of hydrogen-bond acceptors (Lipinski definition) is 3. The van der Waals surface area contributed by atoms with Crippen LogP contribution in [0.5, 0.6) is 0 Å². The van der Waals surface area contributed by atoms with Gasteiger partial charge in [-0.3, -0.25) is 14.2 Å². The number of carbonyl (C=O) groups excluding carboxylic acids is 1. The largest absolute Gasteiger partial charge is 0.322 e. The molecule has 0 aliphatic heterocycles. The molecule has 0 aliphatic carbocycles. The fourth-order valence-electron chi connectivity index (χ4n) is 2.72. The molecule has 1 amide bonds. The van der Waals surface area contributed by atoms with Crippen LogP contribution in [-0.2, 0) is 11.3 Å². The molecule has 0 bridgehead atoms. The van der Waals surface area contributed by atoms with E-state index in [2.05, 4.69) is 56.6 Å².